The number of amides is 1. The number of Topliss-reactive ketones (excluding diaryl/α,β-unsaturated/α-hetero) is 1. The number of aliphatic hydroxyl groups is 1. The van der Waals surface area contributed by atoms with Crippen LogP contribution in [0, 0.1) is 6.92 Å². The van der Waals surface area contributed by atoms with Crippen molar-refractivity contribution in [2.45, 2.75) is 13.0 Å². The number of anilines is 1. The summed E-state index contributed by atoms with van der Waals surface area (Å²) in [6.45, 7) is 1.86. The number of hydrogen-bond donors (Lipinski definition) is 1. The number of carbonyl (C=O) groups is 2. The van der Waals surface area contributed by atoms with Crippen LogP contribution >= 0.6 is 11.6 Å². The number of halogens is 1. The minimum atomic E-state index is -0.900. The fourth-order valence-electron chi connectivity index (χ4n) is 4.07. The summed E-state index contributed by atoms with van der Waals surface area (Å²) in [5.74, 6) is -0.943. The summed E-state index contributed by atoms with van der Waals surface area (Å²) < 4.78 is 10.7. The minimum Gasteiger partial charge on any atom is -0.507 e. The Morgan fingerprint density at radius 1 is 0.939 bits per heavy atom. The van der Waals surface area contributed by atoms with Gasteiger partial charge in [-0.1, -0.05) is 48.0 Å². The number of nitrogens with zero attached hydrogens (tertiary/aromatic N) is 1. The van der Waals surface area contributed by atoms with Crippen molar-refractivity contribution in [3.63, 3.8) is 0 Å². The number of ketones is 1. The van der Waals surface area contributed by atoms with Crippen LogP contribution in [0.5, 0.6) is 11.5 Å². The van der Waals surface area contributed by atoms with E-state index in [1.807, 2.05) is 19.1 Å². The van der Waals surface area contributed by atoms with E-state index in [1.165, 1.54) is 25.2 Å². The second-order valence-corrected chi connectivity index (χ2v) is 7.95. The largest absolute Gasteiger partial charge is 0.507 e. The number of carbonyl (C=O) groups excluding carboxylic acids is 2. The first-order valence-electron chi connectivity index (χ1n) is 10.2. The first-order chi connectivity index (χ1) is 15.9. The van der Waals surface area contributed by atoms with Gasteiger partial charge in [0.15, 0.2) is 0 Å². The third-order valence-corrected chi connectivity index (χ3v) is 5.97. The number of ether oxygens (including phenoxy) is 2. The van der Waals surface area contributed by atoms with Crippen molar-refractivity contribution in [3.05, 3.63) is 94.0 Å². The molecule has 1 saturated heterocycles. The third kappa shape index (κ3) is 3.83. The Hall–Kier alpha value is -3.77. The van der Waals surface area contributed by atoms with E-state index in [2.05, 4.69) is 0 Å². The van der Waals surface area contributed by atoms with E-state index < -0.39 is 17.7 Å². The number of hydrogen-bond acceptors (Lipinski definition) is 5. The molecular formula is C26H22ClNO5. The van der Waals surface area contributed by atoms with Crippen LogP contribution in [0.25, 0.3) is 5.76 Å². The molecule has 0 bridgehead atoms. The highest BCUT2D eigenvalue weighted by Crippen LogP contribution is 2.45. The molecule has 0 radical (unpaired) electrons. The van der Waals surface area contributed by atoms with Gasteiger partial charge in [0.1, 0.15) is 17.3 Å². The first-order valence-corrected chi connectivity index (χ1v) is 10.6. The summed E-state index contributed by atoms with van der Waals surface area (Å²) in [6.07, 6.45) is 0. The molecule has 1 aliphatic heterocycles. The molecular weight excluding hydrogens is 442 g/mol. The molecule has 0 aromatic heterocycles. The van der Waals surface area contributed by atoms with E-state index in [4.69, 9.17) is 21.1 Å². The monoisotopic (exact) mass is 463 g/mol. The van der Waals surface area contributed by atoms with Crippen LogP contribution in [0.1, 0.15) is 22.7 Å². The lowest BCUT2D eigenvalue weighted by molar-refractivity contribution is -0.132. The summed E-state index contributed by atoms with van der Waals surface area (Å²) in [4.78, 5) is 28.0. The zero-order valence-corrected chi connectivity index (χ0v) is 19.1. The second kappa shape index (κ2) is 9.00. The maximum atomic E-state index is 13.3. The van der Waals surface area contributed by atoms with Crippen LogP contribution in [0.4, 0.5) is 5.69 Å². The molecule has 7 heteroatoms. The van der Waals surface area contributed by atoms with Gasteiger partial charge >= 0.3 is 0 Å². The third-order valence-electron chi connectivity index (χ3n) is 5.68. The van der Waals surface area contributed by atoms with E-state index in [-0.39, 0.29) is 16.4 Å². The van der Waals surface area contributed by atoms with Gasteiger partial charge in [-0.15, -0.1) is 0 Å². The predicted molar refractivity (Wildman–Crippen MR) is 127 cm³/mol. The molecule has 0 aliphatic carbocycles. The molecule has 0 spiro atoms. The molecule has 3 aromatic carbocycles. The van der Waals surface area contributed by atoms with Crippen LogP contribution in [-0.2, 0) is 9.59 Å². The lowest BCUT2D eigenvalue weighted by Crippen LogP contribution is -2.30. The topological polar surface area (TPSA) is 76.1 Å². The van der Waals surface area contributed by atoms with Crippen molar-refractivity contribution in [1.29, 1.82) is 0 Å². The summed E-state index contributed by atoms with van der Waals surface area (Å²) >= 11 is 6.25. The maximum absolute atomic E-state index is 13.3. The number of para-hydroxylation sites is 2. The molecule has 6 nitrogen and oxygen atoms in total. The van der Waals surface area contributed by atoms with Crippen molar-refractivity contribution in [2.24, 2.45) is 0 Å². The number of aliphatic hydroxyl groups excluding tert-OH is 1. The summed E-state index contributed by atoms with van der Waals surface area (Å²) in [7, 11) is 3.00. The molecule has 1 amide bonds. The second-order valence-electron chi connectivity index (χ2n) is 7.55. The number of benzene rings is 3. The van der Waals surface area contributed by atoms with Gasteiger partial charge in [-0.25, -0.2) is 0 Å². The van der Waals surface area contributed by atoms with Gasteiger partial charge in [0.2, 0.25) is 0 Å². The van der Waals surface area contributed by atoms with E-state index in [0.29, 0.717) is 28.3 Å². The van der Waals surface area contributed by atoms with Crippen LogP contribution < -0.4 is 14.4 Å². The van der Waals surface area contributed by atoms with Gasteiger partial charge in [-0.2, -0.15) is 0 Å². The predicted octanol–water partition coefficient (Wildman–Crippen LogP) is 5.29. The Morgan fingerprint density at radius 2 is 1.61 bits per heavy atom. The zero-order chi connectivity index (χ0) is 23.7. The highest BCUT2D eigenvalue weighted by Gasteiger charge is 2.48. The first kappa shape index (κ1) is 22.4. The van der Waals surface area contributed by atoms with E-state index >= 15 is 0 Å². The Kier molecular flexibility index (Phi) is 6.11. The summed E-state index contributed by atoms with van der Waals surface area (Å²) in [6, 6.07) is 18.2. The molecule has 33 heavy (non-hydrogen) atoms. The number of rotatable bonds is 5. The molecule has 1 aliphatic rings. The Balaban J connectivity index is 2.00. The standard InChI is InChI=1S/C26H22ClNO5/c1-15-8-4-6-10-19(15)28-23(17-9-5-7-11-20(17)32-2)22(25(30)26(28)31)24(29)16-12-13-21(33-3)18(27)14-16/h4-14,23,29H,1-3H3/b24-22+. The molecule has 1 N–H and O–H groups in total. The Bertz CT molecular complexity index is 1280. The SMILES string of the molecule is COc1ccc(/C(O)=C2\C(=O)C(=O)N(c3ccccc3C)C2c2ccccc2OC)cc1Cl. The van der Waals surface area contributed by atoms with Gasteiger partial charge in [0.25, 0.3) is 11.7 Å². The van der Waals surface area contributed by atoms with Crippen LogP contribution in [0.15, 0.2) is 72.3 Å². The van der Waals surface area contributed by atoms with Crippen molar-refractivity contribution in [2.75, 3.05) is 19.1 Å². The van der Waals surface area contributed by atoms with Crippen LogP contribution in [0.3, 0.4) is 0 Å². The molecule has 4 rings (SSSR count). The minimum absolute atomic E-state index is 0.0472. The van der Waals surface area contributed by atoms with Gasteiger partial charge in [0, 0.05) is 16.8 Å². The normalized spacial score (nSPS) is 17.3. The Labute approximate surface area is 196 Å². The molecule has 1 fully saturated rings. The molecule has 1 heterocycles. The smallest absolute Gasteiger partial charge is 0.300 e. The van der Waals surface area contributed by atoms with Crippen molar-refractivity contribution < 1.29 is 24.2 Å². The number of methoxy groups -OCH3 is 2. The maximum Gasteiger partial charge on any atom is 0.300 e. The molecule has 3 aromatic rings. The van der Waals surface area contributed by atoms with Gasteiger partial charge in [-0.3, -0.25) is 14.5 Å². The van der Waals surface area contributed by atoms with Crippen molar-refractivity contribution in [3.8, 4) is 11.5 Å². The van der Waals surface area contributed by atoms with Crippen LogP contribution in [-0.4, -0.2) is 31.0 Å². The van der Waals surface area contributed by atoms with Gasteiger partial charge < -0.3 is 14.6 Å². The highest BCUT2D eigenvalue weighted by molar-refractivity contribution is 6.52. The van der Waals surface area contributed by atoms with E-state index in [1.54, 1.807) is 48.5 Å². The molecule has 0 saturated carbocycles. The fourth-order valence-corrected chi connectivity index (χ4v) is 4.33. The van der Waals surface area contributed by atoms with Gasteiger partial charge in [0.05, 0.1) is 30.9 Å². The summed E-state index contributed by atoms with van der Waals surface area (Å²) in [5.41, 5.74) is 2.20. The van der Waals surface area contributed by atoms with E-state index in [0.717, 1.165) is 5.56 Å². The van der Waals surface area contributed by atoms with E-state index in [9.17, 15) is 14.7 Å². The van der Waals surface area contributed by atoms with Crippen LogP contribution in [0.2, 0.25) is 5.02 Å². The van der Waals surface area contributed by atoms with Gasteiger partial charge in [-0.05, 0) is 42.8 Å². The lowest BCUT2D eigenvalue weighted by atomic mass is 9.94. The highest BCUT2D eigenvalue weighted by atomic mass is 35.5. The lowest BCUT2D eigenvalue weighted by Gasteiger charge is -2.27. The number of aryl methyl sites for hydroxylation is 1. The average Bonchev–Trinajstić information content (AvgIpc) is 3.09. The zero-order valence-electron chi connectivity index (χ0n) is 18.3. The molecule has 168 valence electrons. The van der Waals surface area contributed by atoms with Crippen molar-refractivity contribution >= 4 is 34.7 Å². The molecule has 1 unspecified atom stereocenters. The quantitative estimate of drug-likeness (QED) is 0.316. The summed E-state index contributed by atoms with van der Waals surface area (Å²) in [5, 5.41) is 11.5. The Morgan fingerprint density at radius 3 is 2.27 bits per heavy atom. The fraction of sp³-hybridized carbons (Fsp3) is 0.154. The average molecular weight is 464 g/mol. The van der Waals surface area contributed by atoms with Crippen molar-refractivity contribution in [1.82, 2.24) is 0 Å². The molecule has 1 atom stereocenters.